The van der Waals surface area contributed by atoms with Crippen LogP contribution >= 0.6 is 0 Å². The van der Waals surface area contributed by atoms with Crippen LogP contribution in [0.3, 0.4) is 0 Å². The number of ether oxygens (including phenoxy) is 2. The molecule has 2 fully saturated rings. The minimum absolute atomic E-state index is 0.00817. The quantitative estimate of drug-likeness (QED) is 0.585. The van der Waals surface area contributed by atoms with Crippen molar-refractivity contribution in [1.82, 2.24) is 24.7 Å². The summed E-state index contributed by atoms with van der Waals surface area (Å²) in [6, 6.07) is 3.77. The van der Waals surface area contributed by atoms with Gasteiger partial charge in [-0.2, -0.15) is 28.2 Å². The highest BCUT2D eigenvalue weighted by atomic mass is 19.4. The molecule has 4 heterocycles. The number of pyridine rings is 1. The molecule has 11 heteroatoms. The van der Waals surface area contributed by atoms with Crippen LogP contribution in [0.4, 0.5) is 19.1 Å². The van der Waals surface area contributed by atoms with E-state index in [-0.39, 0.29) is 13.0 Å². The van der Waals surface area contributed by atoms with Gasteiger partial charge in [-0.05, 0) is 38.0 Å². The summed E-state index contributed by atoms with van der Waals surface area (Å²) in [5, 5.41) is 4.46. The molecule has 3 aromatic heterocycles. The van der Waals surface area contributed by atoms with E-state index in [1.165, 1.54) is 0 Å². The lowest BCUT2D eigenvalue weighted by Crippen LogP contribution is -2.37. The Morgan fingerprint density at radius 2 is 1.91 bits per heavy atom. The Morgan fingerprint density at radius 1 is 1.15 bits per heavy atom. The first kappa shape index (κ1) is 23.2. The molecule has 33 heavy (non-hydrogen) atoms. The van der Waals surface area contributed by atoms with E-state index in [1.54, 1.807) is 10.9 Å². The molecule has 1 aliphatic carbocycles. The van der Waals surface area contributed by atoms with Crippen LogP contribution < -0.4 is 9.64 Å². The zero-order valence-electron chi connectivity index (χ0n) is 18.8. The number of nitrogens with zero attached hydrogens (tertiary/aromatic N) is 6. The second kappa shape index (κ2) is 9.50. The van der Waals surface area contributed by atoms with Gasteiger partial charge in [0.25, 0.3) is 0 Å². The molecule has 1 saturated carbocycles. The fourth-order valence-electron chi connectivity index (χ4n) is 3.58. The number of aryl methyl sites for hydroxylation is 3. The Labute approximate surface area is 189 Å². The van der Waals surface area contributed by atoms with Gasteiger partial charge in [0.2, 0.25) is 11.8 Å². The molecule has 8 nitrogen and oxygen atoms in total. The lowest BCUT2D eigenvalue weighted by molar-refractivity contribution is -0.151. The van der Waals surface area contributed by atoms with Crippen molar-refractivity contribution in [2.45, 2.75) is 26.4 Å². The van der Waals surface area contributed by atoms with Crippen molar-refractivity contribution < 1.29 is 22.6 Å². The zero-order valence-corrected chi connectivity index (χ0v) is 18.8. The van der Waals surface area contributed by atoms with Crippen molar-refractivity contribution in [2.24, 2.45) is 18.9 Å². The second-order valence-electron chi connectivity index (χ2n) is 8.32. The van der Waals surface area contributed by atoms with Crippen LogP contribution in [-0.2, 0) is 11.8 Å². The summed E-state index contributed by atoms with van der Waals surface area (Å²) in [7, 11) is 1.89. The van der Waals surface area contributed by atoms with E-state index in [9.17, 15) is 13.2 Å². The van der Waals surface area contributed by atoms with Gasteiger partial charge in [0.1, 0.15) is 0 Å². The maximum absolute atomic E-state index is 12.8. The first-order valence-electron chi connectivity index (χ1n) is 10.8. The molecule has 5 rings (SSSR count). The molecule has 2 aliphatic rings. The van der Waals surface area contributed by atoms with E-state index < -0.39 is 18.0 Å². The molecule has 1 aliphatic heterocycles. The standard InChI is InChI=1S/C18H21F3N4O2.C4H6N2/c1-10-7-13-15(22-11(10)2)23-17(25-3-5-26-6-4-25)24-16(13)27-9-12-8-14(12)18(19,20)21;1-6-4-2-3-5-6/h7,12,14H,3-6,8-9H2,1-2H3;2-4H,1H3. The SMILES string of the molecule is Cc1cc2c(OCC3CC3C(F)(F)F)nc(N3CCOCC3)nc2nc1C.Cn1cccn1. The van der Waals surface area contributed by atoms with E-state index in [1.807, 2.05) is 44.1 Å². The van der Waals surface area contributed by atoms with Gasteiger partial charge in [0, 0.05) is 44.1 Å². The lowest BCUT2D eigenvalue weighted by Gasteiger charge is -2.27. The molecule has 2 atom stereocenters. The van der Waals surface area contributed by atoms with Crippen LogP contribution in [-0.4, -0.2) is 63.8 Å². The average Bonchev–Trinajstić information content (AvgIpc) is 3.44. The third kappa shape index (κ3) is 5.70. The third-order valence-corrected chi connectivity index (χ3v) is 5.79. The summed E-state index contributed by atoms with van der Waals surface area (Å²) in [4.78, 5) is 15.5. The first-order valence-corrected chi connectivity index (χ1v) is 10.8. The average molecular weight is 464 g/mol. The van der Waals surface area contributed by atoms with E-state index in [4.69, 9.17) is 9.47 Å². The molecule has 0 amide bonds. The summed E-state index contributed by atoms with van der Waals surface area (Å²) < 4.78 is 51.1. The fourth-order valence-corrected chi connectivity index (χ4v) is 3.58. The normalized spacial score (nSPS) is 20.4. The number of hydrogen-bond acceptors (Lipinski definition) is 7. The number of halogens is 3. The maximum Gasteiger partial charge on any atom is 0.392 e. The smallest absolute Gasteiger partial charge is 0.392 e. The number of fused-ring (bicyclic) bond motifs is 1. The summed E-state index contributed by atoms with van der Waals surface area (Å²) >= 11 is 0. The Hall–Kier alpha value is -2.95. The number of anilines is 1. The largest absolute Gasteiger partial charge is 0.477 e. The van der Waals surface area contributed by atoms with Crippen LogP contribution in [0, 0.1) is 25.7 Å². The Kier molecular flexibility index (Phi) is 6.68. The number of hydrogen-bond donors (Lipinski definition) is 0. The molecule has 0 bridgehead atoms. The van der Waals surface area contributed by atoms with Crippen molar-refractivity contribution in [3.05, 3.63) is 35.8 Å². The van der Waals surface area contributed by atoms with Gasteiger partial charge < -0.3 is 14.4 Å². The van der Waals surface area contributed by atoms with E-state index >= 15 is 0 Å². The highest BCUT2D eigenvalue weighted by Gasteiger charge is 2.55. The van der Waals surface area contributed by atoms with Gasteiger partial charge in [-0.1, -0.05) is 0 Å². The van der Waals surface area contributed by atoms with Crippen LogP contribution in [0.15, 0.2) is 24.5 Å². The first-order chi connectivity index (χ1) is 15.7. The molecular weight excluding hydrogens is 437 g/mol. The van der Waals surface area contributed by atoms with Crippen LogP contribution in [0.25, 0.3) is 11.0 Å². The second-order valence-corrected chi connectivity index (χ2v) is 8.32. The molecule has 0 radical (unpaired) electrons. The van der Waals surface area contributed by atoms with E-state index in [2.05, 4.69) is 20.1 Å². The fraction of sp³-hybridized carbons (Fsp3) is 0.545. The van der Waals surface area contributed by atoms with Crippen LogP contribution in [0.2, 0.25) is 0 Å². The van der Waals surface area contributed by atoms with Crippen molar-refractivity contribution in [3.8, 4) is 5.88 Å². The molecule has 0 aromatic carbocycles. The molecule has 2 unspecified atom stereocenters. The van der Waals surface area contributed by atoms with E-state index in [0.717, 1.165) is 11.3 Å². The predicted molar refractivity (Wildman–Crippen MR) is 116 cm³/mol. The van der Waals surface area contributed by atoms with Gasteiger partial charge in [0.15, 0.2) is 5.65 Å². The number of rotatable bonds is 4. The minimum atomic E-state index is -4.16. The van der Waals surface area contributed by atoms with Gasteiger partial charge in [0.05, 0.1) is 31.1 Å². The lowest BCUT2D eigenvalue weighted by atomic mass is 10.2. The summed E-state index contributed by atoms with van der Waals surface area (Å²) in [6.45, 7) is 6.25. The molecule has 0 N–H and O–H groups in total. The predicted octanol–water partition coefficient (Wildman–Crippen LogP) is 3.48. The van der Waals surface area contributed by atoms with Gasteiger partial charge in [-0.3, -0.25) is 4.68 Å². The summed E-state index contributed by atoms with van der Waals surface area (Å²) in [5.41, 5.74) is 2.29. The Morgan fingerprint density at radius 3 is 2.48 bits per heavy atom. The Bertz CT molecular complexity index is 1080. The molecule has 178 valence electrons. The van der Waals surface area contributed by atoms with Crippen LogP contribution in [0.5, 0.6) is 5.88 Å². The summed E-state index contributed by atoms with van der Waals surface area (Å²) in [6.07, 6.45) is -0.408. The van der Waals surface area contributed by atoms with Crippen molar-refractivity contribution >= 4 is 17.0 Å². The number of aromatic nitrogens is 5. The van der Waals surface area contributed by atoms with Crippen LogP contribution in [0.1, 0.15) is 17.7 Å². The monoisotopic (exact) mass is 464 g/mol. The number of alkyl halides is 3. The molecular formula is C22H27F3N6O2. The van der Waals surface area contributed by atoms with Crippen molar-refractivity contribution in [3.63, 3.8) is 0 Å². The molecule has 0 spiro atoms. The minimum Gasteiger partial charge on any atom is -0.477 e. The topological polar surface area (TPSA) is 78.2 Å². The van der Waals surface area contributed by atoms with Gasteiger partial charge in [-0.25, -0.2) is 4.98 Å². The summed E-state index contributed by atoms with van der Waals surface area (Å²) in [5.74, 6) is -1.02. The zero-order chi connectivity index (χ0) is 23.6. The highest BCUT2D eigenvalue weighted by Crippen LogP contribution is 2.50. The maximum atomic E-state index is 12.8. The van der Waals surface area contributed by atoms with Crippen molar-refractivity contribution in [1.29, 1.82) is 0 Å². The van der Waals surface area contributed by atoms with Gasteiger partial charge in [-0.15, -0.1) is 0 Å². The van der Waals surface area contributed by atoms with E-state index in [0.29, 0.717) is 49.2 Å². The number of morpholine rings is 1. The highest BCUT2D eigenvalue weighted by molar-refractivity contribution is 5.82. The Balaban J connectivity index is 0.000000376. The van der Waals surface area contributed by atoms with Gasteiger partial charge >= 0.3 is 6.18 Å². The molecule has 1 saturated heterocycles. The third-order valence-electron chi connectivity index (χ3n) is 5.79. The van der Waals surface area contributed by atoms with Crippen molar-refractivity contribution in [2.75, 3.05) is 37.8 Å². The molecule has 3 aromatic rings.